The third-order valence-corrected chi connectivity index (χ3v) is 5.67. The Labute approximate surface area is 172 Å². The average Bonchev–Trinajstić information content (AvgIpc) is 2.75. The van der Waals surface area contributed by atoms with Gasteiger partial charge in [-0.1, -0.05) is 60.7 Å². The van der Waals surface area contributed by atoms with Crippen molar-refractivity contribution >= 4 is 11.6 Å². The Kier molecular flexibility index (Phi) is 5.63. The lowest BCUT2D eigenvalue weighted by molar-refractivity contribution is -0.937. The molecule has 0 bridgehead atoms. The number of fused-ring (bicyclic) bond motifs is 1. The molecule has 4 rings (SSSR count). The highest BCUT2D eigenvalue weighted by molar-refractivity contribution is 5.96. The van der Waals surface area contributed by atoms with Gasteiger partial charge in [0.05, 0.1) is 19.3 Å². The van der Waals surface area contributed by atoms with Gasteiger partial charge in [-0.3, -0.25) is 4.79 Å². The number of hydrogen-bond acceptors (Lipinski definition) is 2. The van der Waals surface area contributed by atoms with Crippen molar-refractivity contribution in [1.82, 2.24) is 0 Å². The molecule has 1 heterocycles. The second-order valence-electron chi connectivity index (χ2n) is 7.64. The Bertz CT molecular complexity index is 1000. The number of quaternary nitrogens is 1. The van der Waals surface area contributed by atoms with Gasteiger partial charge in [0.2, 0.25) is 0 Å². The summed E-state index contributed by atoms with van der Waals surface area (Å²) in [5.74, 6) is 0.671. The third kappa shape index (κ3) is 4.17. The summed E-state index contributed by atoms with van der Waals surface area (Å²) in [6, 6.07) is 24.2. The summed E-state index contributed by atoms with van der Waals surface area (Å²) in [7, 11) is 1.63. The molecular weight excluding hydrogens is 360 g/mol. The summed E-state index contributed by atoms with van der Waals surface area (Å²) >= 11 is 0. The van der Waals surface area contributed by atoms with Crippen LogP contribution in [0.3, 0.4) is 0 Å². The van der Waals surface area contributed by atoms with Gasteiger partial charge in [-0.15, -0.1) is 0 Å². The van der Waals surface area contributed by atoms with Crippen molar-refractivity contribution in [1.29, 1.82) is 0 Å². The monoisotopic (exact) mass is 387 g/mol. The Hall–Kier alpha value is -3.11. The number of benzene rings is 3. The van der Waals surface area contributed by atoms with E-state index < -0.39 is 0 Å². The van der Waals surface area contributed by atoms with E-state index >= 15 is 0 Å². The van der Waals surface area contributed by atoms with Crippen LogP contribution in [0.15, 0.2) is 72.8 Å². The fraction of sp³-hybridized carbons (Fsp3) is 0.240. The topological polar surface area (TPSA) is 42.8 Å². The SMILES string of the molecule is COc1ccc(C)cc1NC(=O)[C@@H](c1ccccc1)[NH+]1CCc2ccccc2C1. The fourth-order valence-electron chi connectivity index (χ4n) is 4.19. The van der Waals surface area contributed by atoms with Crippen LogP contribution in [-0.2, 0) is 17.8 Å². The van der Waals surface area contributed by atoms with E-state index in [0.717, 1.165) is 36.3 Å². The minimum Gasteiger partial charge on any atom is -0.495 e. The van der Waals surface area contributed by atoms with Gasteiger partial charge < -0.3 is 15.0 Å². The minimum atomic E-state index is -0.283. The van der Waals surface area contributed by atoms with Crippen LogP contribution in [0.5, 0.6) is 5.75 Å². The summed E-state index contributed by atoms with van der Waals surface area (Å²) < 4.78 is 5.46. The van der Waals surface area contributed by atoms with Crippen LogP contribution in [0.4, 0.5) is 5.69 Å². The number of methoxy groups -OCH3 is 1. The molecule has 0 aliphatic carbocycles. The Morgan fingerprint density at radius 3 is 2.48 bits per heavy atom. The molecule has 1 unspecified atom stereocenters. The number of anilines is 1. The fourth-order valence-corrected chi connectivity index (χ4v) is 4.19. The zero-order valence-corrected chi connectivity index (χ0v) is 16.9. The van der Waals surface area contributed by atoms with Crippen LogP contribution >= 0.6 is 0 Å². The van der Waals surface area contributed by atoms with E-state index in [2.05, 4.69) is 29.6 Å². The molecule has 0 fully saturated rings. The quantitative estimate of drug-likeness (QED) is 0.705. The van der Waals surface area contributed by atoms with Crippen LogP contribution in [-0.4, -0.2) is 19.6 Å². The van der Waals surface area contributed by atoms with E-state index in [1.807, 2.05) is 55.5 Å². The summed E-state index contributed by atoms with van der Waals surface area (Å²) in [4.78, 5) is 14.8. The molecule has 3 aromatic rings. The number of nitrogens with one attached hydrogen (secondary N) is 2. The predicted molar refractivity (Wildman–Crippen MR) is 115 cm³/mol. The molecule has 29 heavy (non-hydrogen) atoms. The lowest BCUT2D eigenvalue weighted by Gasteiger charge is -2.32. The highest BCUT2D eigenvalue weighted by Gasteiger charge is 2.34. The van der Waals surface area contributed by atoms with E-state index in [4.69, 9.17) is 4.74 Å². The molecule has 3 aromatic carbocycles. The minimum absolute atomic E-state index is 0.00511. The Balaban J connectivity index is 1.65. The summed E-state index contributed by atoms with van der Waals surface area (Å²) in [6.45, 7) is 3.78. The van der Waals surface area contributed by atoms with Crippen molar-refractivity contribution in [3.8, 4) is 5.75 Å². The standard InChI is InChI=1S/C25H26N2O2/c1-18-12-13-23(29-2)22(16-18)26-25(28)24(20-9-4-3-5-10-20)27-15-14-19-8-6-7-11-21(19)17-27/h3-13,16,24H,14-15,17H2,1-2H3,(H,26,28)/p+1/t24-/m1/s1. The molecule has 0 aromatic heterocycles. The second kappa shape index (κ2) is 8.50. The number of carbonyl (C=O) groups is 1. The van der Waals surface area contributed by atoms with Crippen molar-refractivity contribution in [2.75, 3.05) is 19.0 Å². The van der Waals surface area contributed by atoms with Crippen LogP contribution in [0.1, 0.15) is 28.3 Å². The van der Waals surface area contributed by atoms with E-state index in [0.29, 0.717) is 5.75 Å². The lowest BCUT2D eigenvalue weighted by atomic mass is 9.96. The molecule has 2 atom stereocenters. The maximum atomic E-state index is 13.5. The van der Waals surface area contributed by atoms with E-state index in [1.54, 1.807) is 7.11 Å². The van der Waals surface area contributed by atoms with Crippen molar-refractivity contribution in [3.63, 3.8) is 0 Å². The molecule has 0 saturated carbocycles. The van der Waals surface area contributed by atoms with Crippen molar-refractivity contribution < 1.29 is 14.4 Å². The number of rotatable bonds is 5. The maximum absolute atomic E-state index is 13.5. The zero-order valence-electron chi connectivity index (χ0n) is 16.9. The van der Waals surface area contributed by atoms with E-state index in [-0.39, 0.29) is 11.9 Å². The van der Waals surface area contributed by atoms with Crippen molar-refractivity contribution in [2.45, 2.75) is 25.9 Å². The van der Waals surface area contributed by atoms with Gasteiger partial charge in [0, 0.05) is 17.5 Å². The molecule has 0 spiro atoms. The highest BCUT2D eigenvalue weighted by atomic mass is 16.5. The molecule has 4 nitrogen and oxygen atoms in total. The molecular formula is C25H27N2O2+. The molecule has 1 aliphatic rings. The first-order valence-electron chi connectivity index (χ1n) is 10.1. The van der Waals surface area contributed by atoms with Gasteiger partial charge in [-0.2, -0.15) is 0 Å². The van der Waals surface area contributed by atoms with Crippen LogP contribution < -0.4 is 15.0 Å². The summed E-state index contributed by atoms with van der Waals surface area (Å²) in [5.41, 5.74) is 5.55. The zero-order chi connectivity index (χ0) is 20.2. The van der Waals surface area contributed by atoms with Gasteiger partial charge in [0.1, 0.15) is 12.3 Å². The normalized spacial score (nSPS) is 16.6. The van der Waals surface area contributed by atoms with Crippen molar-refractivity contribution in [2.24, 2.45) is 0 Å². The van der Waals surface area contributed by atoms with Gasteiger partial charge in [-0.25, -0.2) is 0 Å². The Morgan fingerprint density at radius 1 is 1.00 bits per heavy atom. The largest absolute Gasteiger partial charge is 0.495 e. The van der Waals surface area contributed by atoms with E-state index in [1.165, 1.54) is 16.0 Å². The number of hydrogen-bond donors (Lipinski definition) is 2. The second-order valence-corrected chi connectivity index (χ2v) is 7.64. The number of aryl methyl sites for hydroxylation is 1. The number of ether oxygens (including phenoxy) is 1. The van der Waals surface area contributed by atoms with Crippen LogP contribution in [0, 0.1) is 6.92 Å². The molecule has 148 valence electrons. The molecule has 0 saturated heterocycles. The first kappa shape index (κ1) is 19.2. The summed E-state index contributed by atoms with van der Waals surface area (Å²) in [5, 5.41) is 3.14. The number of carbonyl (C=O) groups excluding carboxylic acids is 1. The maximum Gasteiger partial charge on any atom is 0.287 e. The van der Waals surface area contributed by atoms with Crippen LogP contribution in [0.2, 0.25) is 0 Å². The Morgan fingerprint density at radius 2 is 1.72 bits per heavy atom. The van der Waals surface area contributed by atoms with Gasteiger partial charge >= 0.3 is 0 Å². The van der Waals surface area contributed by atoms with Crippen molar-refractivity contribution in [3.05, 3.63) is 95.1 Å². The molecule has 1 aliphatic heterocycles. The first-order chi connectivity index (χ1) is 14.2. The third-order valence-electron chi connectivity index (χ3n) is 5.67. The molecule has 1 amide bonds. The highest BCUT2D eigenvalue weighted by Crippen LogP contribution is 2.26. The van der Waals surface area contributed by atoms with Gasteiger partial charge in [-0.05, 0) is 30.2 Å². The predicted octanol–water partition coefficient (Wildman–Crippen LogP) is 3.32. The van der Waals surface area contributed by atoms with Gasteiger partial charge in [0.25, 0.3) is 5.91 Å². The smallest absolute Gasteiger partial charge is 0.287 e. The van der Waals surface area contributed by atoms with E-state index in [9.17, 15) is 4.79 Å². The summed E-state index contributed by atoms with van der Waals surface area (Å²) in [6.07, 6.45) is 0.982. The van der Waals surface area contributed by atoms with Gasteiger partial charge in [0.15, 0.2) is 6.04 Å². The first-order valence-corrected chi connectivity index (χ1v) is 10.1. The number of amides is 1. The molecule has 0 radical (unpaired) electrons. The molecule has 2 N–H and O–H groups in total. The lowest BCUT2D eigenvalue weighted by Crippen LogP contribution is -3.13. The van der Waals surface area contributed by atoms with Crippen LogP contribution in [0.25, 0.3) is 0 Å². The molecule has 4 heteroatoms. The average molecular weight is 388 g/mol.